The second-order valence-corrected chi connectivity index (χ2v) is 7.65. The number of hydrogen-bond donors (Lipinski definition) is 3. The van der Waals surface area contributed by atoms with E-state index in [4.69, 9.17) is 10.8 Å². The van der Waals surface area contributed by atoms with Crippen LogP contribution in [0.3, 0.4) is 0 Å². The van der Waals surface area contributed by atoms with Crippen LogP contribution >= 0.6 is 0 Å². The van der Waals surface area contributed by atoms with Crippen molar-refractivity contribution in [2.24, 2.45) is 5.41 Å². The minimum atomic E-state index is -3.58. The lowest BCUT2D eigenvalue weighted by atomic mass is 9.90. The Labute approximate surface area is 121 Å². The molecule has 5 nitrogen and oxygen atoms in total. The molecular weight excluding hydrogens is 276 g/mol. The highest BCUT2D eigenvalue weighted by molar-refractivity contribution is 7.89. The van der Waals surface area contributed by atoms with E-state index in [0.717, 1.165) is 0 Å². The highest BCUT2D eigenvalue weighted by Crippen LogP contribution is 2.24. The van der Waals surface area contributed by atoms with E-state index in [1.54, 1.807) is 26.0 Å². The Morgan fingerprint density at radius 1 is 1.25 bits per heavy atom. The van der Waals surface area contributed by atoms with Gasteiger partial charge in [-0.05, 0) is 48.9 Å². The number of nitrogen functional groups attached to an aromatic ring is 1. The Kier molecular flexibility index (Phi) is 5.18. The molecule has 0 heterocycles. The summed E-state index contributed by atoms with van der Waals surface area (Å²) in [5.74, 6) is 0. The van der Waals surface area contributed by atoms with Crippen LogP contribution in [0.5, 0.6) is 0 Å². The number of benzene rings is 1. The van der Waals surface area contributed by atoms with Gasteiger partial charge < -0.3 is 10.8 Å². The molecule has 1 aromatic carbocycles. The van der Waals surface area contributed by atoms with Gasteiger partial charge in [-0.15, -0.1) is 0 Å². The molecule has 0 aliphatic heterocycles. The molecule has 0 unspecified atom stereocenters. The van der Waals surface area contributed by atoms with Gasteiger partial charge in [-0.3, -0.25) is 0 Å². The van der Waals surface area contributed by atoms with E-state index in [-0.39, 0.29) is 23.5 Å². The minimum absolute atomic E-state index is 0.0364. The van der Waals surface area contributed by atoms with Crippen molar-refractivity contribution in [1.82, 2.24) is 4.72 Å². The lowest BCUT2D eigenvalue weighted by Crippen LogP contribution is -2.35. The van der Waals surface area contributed by atoms with E-state index in [2.05, 4.69) is 4.72 Å². The van der Waals surface area contributed by atoms with Crippen molar-refractivity contribution in [2.75, 3.05) is 18.9 Å². The van der Waals surface area contributed by atoms with Gasteiger partial charge in [0, 0.05) is 18.8 Å². The van der Waals surface area contributed by atoms with E-state index >= 15 is 0 Å². The number of rotatable bonds is 6. The molecule has 114 valence electrons. The zero-order valence-electron chi connectivity index (χ0n) is 12.5. The second kappa shape index (κ2) is 6.11. The predicted octanol–water partition coefficient (Wildman–Crippen LogP) is 1.57. The van der Waals surface area contributed by atoms with Crippen LogP contribution in [-0.4, -0.2) is 26.7 Å². The zero-order valence-corrected chi connectivity index (χ0v) is 13.3. The third-order valence-corrected chi connectivity index (χ3v) is 4.99. The SMILES string of the molecule is Cc1cc(N)cc(C)c1S(=O)(=O)NCC(C)(C)CCO. The zero-order chi connectivity index (χ0) is 15.6. The molecule has 0 aromatic heterocycles. The maximum Gasteiger partial charge on any atom is 0.241 e. The molecule has 0 saturated carbocycles. The van der Waals surface area contributed by atoms with E-state index in [1.165, 1.54) is 0 Å². The van der Waals surface area contributed by atoms with Gasteiger partial charge in [0.2, 0.25) is 10.0 Å². The molecule has 1 aromatic rings. The van der Waals surface area contributed by atoms with E-state index in [9.17, 15) is 8.42 Å². The van der Waals surface area contributed by atoms with Crippen molar-refractivity contribution in [3.63, 3.8) is 0 Å². The first kappa shape index (κ1) is 16.9. The van der Waals surface area contributed by atoms with Crippen molar-refractivity contribution in [2.45, 2.75) is 39.0 Å². The first-order valence-electron chi connectivity index (χ1n) is 6.56. The summed E-state index contributed by atoms with van der Waals surface area (Å²) in [5.41, 5.74) is 7.24. The Bertz CT molecular complexity index is 557. The molecule has 0 atom stereocenters. The summed E-state index contributed by atoms with van der Waals surface area (Å²) in [7, 11) is -3.58. The van der Waals surface area contributed by atoms with Gasteiger partial charge in [0.25, 0.3) is 0 Å². The monoisotopic (exact) mass is 300 g/mol. The maximum atomic E-state index is 12.4. The molecular formula is C14H24N2O3S. The van der Waals surface area contributed by atoms with Crippen molar-refractivity contribution in [3.05, 3.63) is 23.3 Å². The summed E-state index contributed by atoms with van der Waals surface area (Å²) >= 11 is 0. The Hall–Kier alpha value is -1.11. The topological polar surface area (TPSA) is 92.4 Å². The molecule has 0 aliphatic carbocycles. The smallest absolute Gasteiger partial charge is 0.241 e. The Balaban J connectivity index is 3.01. The quantitative estimate of drug-likeness (QED) is 0.695. The van der Waals surface area contributed by atoms with Crippen LogP contribution in [0, 0.1) is 19.3 Å². The first-order chi connectivity index (χ1) is 9.09. The molecule has 0 saturated heterocycles. The average molecular weight is 300 g/mol. The summed E-state index contributed by atoms with van der Waals surface area (Å²) in [5, 5.41) is 8.98. The van der Waals surface area contributed by atoms with E-state index in [0.29, 0.717) is 23.2 Å². The third-order valence-electron chi connectivity index (χ3n) is 3.28. The van der Waals surface area contributed by atoms with Crippen molar-refractivity contribution < 1.29 is 13.5 Å². The number of sulfonamides is 1. The van der Waals surface area contributed by atoms with Gasteiger partial charge in [0.1, 0.15) is 0 Å². The predicted molar refractivity (Wildman–Crippen MR) is 81.0 cm³/mol. The lowest BCUT2D eigenvalue weighted by molar-refractivity contribution is 0.213. The number of anilines is 1. The van der Waals surface area contributed by atoms with Crippen LogP contribution in [0.2, 0.25) is 0 Å². The van der Waals surface area contributed by atoms with E-state index in [1.807, 2.05) is 13.8 Å². The molecule has 0 aliphatic rings. The summed E-state index contributed by atoms with van der Waals surface area (Å²) in [6, 6.07) is 3.31. The fraction of sp³-hybridized carbons (Fsp3) is 0.571. The van der Waals surface area contributed by atoms with Gasteiger partial charge in [-0.25, -0.2) is 13.1 Å². The molecule has 6 heteroatoms. The number of aryl methyl sites for hydroxylation is 2. The van der Waals surface area contributed by atoms with Crippen LogP contribution in [0.15, 0.2) is 17.0 Å². The van der Waals surface area contributed by atoms with Gasteiger partial charge in [0.05, 0.1) is 4.90 Å². The molecule has 0 spiro atoms. The molecule has 0 amide bonds. The molecule has 20 heavy (non-hydrogen) atoms. The van der Waals surface area contributed by atoms with Crippen molar-refractivity contribution >= 4 is 15.7 Å². The first-order valence-corrected chi connectivity index (χ1v) is 8.05. The van der Waals surface area contributed by atoms with Crippen LogP contribution in [-0.2, 0) is 10.0 Å². The summed E-state index contributed by atoms with van der Waals surface area (Å²) in [6.45, 7) is 7.60. The van der Waals surface area contributed by atoms with Crippen LogP contribution in [0.4, 0.5) is 5.69 Å². The fourth-order valence-corrected chi connectivity index (χ4v) is 3.85. The van der Waals surface area contributed by atoms with Crippen LogP contribution in [0.1, 0.15) is 31.4 Å². The van der Waals surface area contributed by atoms with Crippen molar-refractivity contribution in [1.29, 1.82) is 0 Å². The molecule has 0 radical (unpaired) electrons. The molecule has 0 fully saturated rings. The number of aliphatic hydroxyl groups excluding tert-OH is 1. The Morgan fingerprint density at radius 3 is 2.20 bits per heavy atom. The highest BCUT2D eigenvalue weighted by atomic mass is 32.2. The fourth-order valence-electron chi connectivity index (χ4n) is 2.16. The molecule has 4 N–H and O–H groups in total. The summed E-state index contributed by atoms with van der Waals surface area (Å²) in [6.07, 6.45) is 0.537. The van der Waals surface area contributed by atoms with Gasteiger partial charge in [0.15, 0.2) is 0 Å². The summed E-state index contributed by atoms with van der Waals surface area (Å²) in [4.78, 5) is 0.284. The largest absolute Gasteiger partial charge is 0.399 e. The number of nitrogens with one attached hydrogen (secondary N) is 1. The van der Waals surface area contributed by atoms with Gasteiger partial charge in [-0.1, -0.05) is 13.8 Å². The minimum Gasteiger partial charge on any atom is -0.399 e. The molecule has 1 rings (SSSR count). The lowest BCUT2D eigenvalue weighted by Gasteiger charge is -2.24. The average Bonchev–Trinajstić information content (AvgIpc) is 2.24. The number of aliphatic hydroxyl groups is 1. The Morgan fingerprint density at radius 2 is 1.75 bits per heavy atom. The summed E-state index contributed by atoms with van der Waals surface area (Å²) < 4.78 is 27.5. The number of nitrogens with two attached hydrogens (primary N) is 1. The standard InChI is InChI=1S/C14H24N2O3S/c1-10-7-12(15)8-11(2)13(10)20(18,19)16-9-14(3,4)5-6-17/h7-8,16-17H,5-6,9,15H2,1-4H3. The van der Waals surface area contributed by atoms with Gasteiger partial charge >= 0.3 is 0 Å². The van der Waals surface area contributed by atoms with Gasteiger partial charge in [-0.2, -0.15) is 0 Å². The van der Waals surface area contributed by atoms with Crippen LogP contribution < -0.4 is 10.5 Å². The van der Waals surface area contributed by atoms with E-state index < -0.39 is 10.0 Å². The maximum absolute atomic E-state index is 12.4. The molecule has 0 bridgehead atoms. The van der Waals surface area contributed by atoms with Crippen LogP contribution in [0.25, 0.3) is 0 Å². The number of hydrogen-bond acceptors (Lipinski definition) is 4. The second-order valence-electron chi connectivity index (χ2n) is 5.95. The van der Waals surface area contributed by atoms with Crippen molar-refractivity contribution in [3.8, 4) is 0 Å². The highest BCUT2D eigenvalue weighted by Gasteiger charge is 2.24. The normalized spacial score (nSPS) is 12.7. The third kappa shape index (κ3) is 4.19.